The molecule has 0 saturated carbocycles. The van der Waals surface area contributed by atoms with Gasteiger partial charge in [0.25, 0.3) is 5.56 Å². The number of esters is 1. The van der Waals surface area contributed by atoms with Crippen LogP contribution in [0.15, 0.2) is 106 Å². The Bertz CT molecular complexity index is 2490. The number of hydrogen-bond donors (Lipinski definition) is 0. The lowest BCUT2D eigenvalue weighted by Crippen LogP contribution is -2.40. The Morgan fingerprint density at radius 3 is 2.54 bits per heavy atom. The fourth-order valence-corrected chi connectivity index (χ4v) is 7.52. The zero-order valence-corrected chi connectivity index (χ0v) is 28.8. The third kappa shape index (κ3) is 5.83. The van der Waals surface area contributed by atoms with Crippen molar-refractivity contribution < 1.29 is 28.1 Å². The van der Waals surface area contributed by atoms with Gasteiger partial charge in [0.1, 0.15) is 24.1 Å². The first-order valence-corrected chi connectivity index (χ1v) is 16.9. The number of carbonyl (C=O) groups is 1. The van der Waals surface area contributed by atoms with Gasteiger partial charge < -0.3 is 23.5 Å². The summed E-state index contributed by atoms with van der Waals surface area (Å²) in [6, 6.07) is 22.7. The van der Waals surface area contributed by atoms with Gasteiger partial charge in [0.05, 0.1) is 43.2 Å². The Labute approximate surface area is 290 Å². The van der Waals surface area contributed by atoms with Gasteiger partial charge in [-0.25, -0.2) is 14.2 Å². The molecular formula is C39H34FN3O6S. The maximum atomic E-state index is 14.6. The third-order valence-electron chi connectivity index (χ3n) is 8.77. The van der Waals surface area contributed by atoms with Crippen LogP contribution in [-0.4, -0.2) is 42.5 Å². The highest BCUT2D eigenvalue weighted by Crippen LogP contribution is 2.41. The molecule has 0 saturated heterocycles. The molecule has 0 aliphatic carbocycles. The predicted molar refractivity (Wildman–Crippen MR) is 191 cm³/mol. The minimum atomic E-state index is -0.893. The van der Waals surface area contributed by atoms with Gasteiger partial charge in [-0.15, -0.1) is 0 Å². The number of para-hydroxylation sites is 2. The van der Waals surface area contributed by atoms with E-state index in [0.29, 0.717) is 38.6 Å². The van der Waals surface area contributed by atoms with Crippen LogP contribution in [0.25, 0.3) is 27.8 Å². The van der Waals surface area contributed by atoms with E-state index in [4.69, 9.17) is 23.9 Å². The molecule has 3 heterocycles. The van der Waals surface area contributed by atoms with E-state index in [1.165, 1.54) is 17.4 Å². The number of rotatable bonds is 10. The molecule has 1 aliphatic rings. The third-order valence-corrected chi connectivity index (χ3v) is 9.76. The lowest BCUT2D eigenvalue weighted by molar-refractivity contribution is -0.139. The van der Waals surface area contributed by atoms with Crippen molar-refractivity contribution in [3.63, 3.8) is 0 Å². The normalized spacial score (nSPS) is 14.5. The summed E-state index contributed by atoms with van der Waals surface area (Å²) in [5.74, 6) is 0.339. The van der Waals surface area contributed by atoms with Gasteiger partial charge in [0.2, 0.25) is 0 Å². The van der Waals surface area contributed by atoms with E-state index in [0.717, 1.165) is 27.2 Å². The minimum Gasteiger partial charge on any atom is -0.497 e. The fraction of sp³-hybridized carbons (Fsp3) is 0.205. The molecule has 0 spiro atoms. The maximum Gasteiger partial charge on any atom is 0.338 e. The summed E-state index contributed by atoms with van der Waals surface area (Å²) in [5.41, 5.74) is 2.79. The van der Waals surface area contributed by atoms with E-state index in [-0.39, 0.29) is 30.1 Å². The second-order valence-corrected chi connectivity index (χ2v) is 12.7. The number of methoxy groups -OCH3 is 2. The van der Waals surface area contributed by atoms with E-state index in [1.807, 2.05) is 71.4 Å². The molecule has 6 aromatic rings. The molecule has 0 radical (unpaired) electrons. The first-order valence-electron chi connectivity index (χ1n) is 16.1. The van der Waals surface area contributed by atoms with Gasteiger partial charge in [-0.3, -0.25) is 9.36 Å². The predicted octanol–water partition coefficient (Wildman–Crippen LogP) is 6.14. The molecule has 9 nitrogen and oxygen atoms in total. The second kappa shape index (κ2) is 13.7. The highest BCUT2D eigenvalue weighted by Gasteiger charge is 2.36. The summed E-state index contributed by atoms with van der Waals surface area (Å²) in [7, 11) is 3.15. The molecule has 1 atom stereocenters. The van der Waals surface area contributed by atoms with Crippen molar-refractivity contribution >= 4 is 45.1 Å². The molecule has 2 aromatic heterocycles. The van der Waals surface area contributed by atoms with Crippen molar-refractivity contribution in [3.05, 3.63) is 133 Å². The summed E-state index contributed by atoms with van der Waals surface area (Å²) in [6.07, 6.45) is 3.81. The number of ether oxygens (including phenoxy) is 4. The van der Waals surface area contributed by atoms with Crippen LogP contribution < -0.4 is 29.1 Å². The van der Waals surface area contributed by atoms with Crippen LogP contribution in [0.5, 0.6) is 17.2 Å². The molecule has 7 rings (SSSR count). The summed E-state index contributed by atoms with van der Waals surface area (Å²) < 4.78 is 40.9. The van der Waals surface area contributed by atoms with Gasteiger partial charge in [-0.05, 0) is 67.1 Å². The first kappa shape index (κ1) is 32.8. The van der Waals surface area contributed by atoms with Crippen molar-refractivity contribution in [1.29, 1.82) is 0 Å². The molecule has 4 aromatic carbocycles. The largest absolute Gasteiger partial charge is 0.497 e. The Kier molecular flexibility index (Phi) is 8.98. The van der Waals surface area contributed by atoms with Crippen molar-refractivity contribution in [3.8, 4) is 17.2 Å². The van der Waals surface area contributed by atoms with Crippen molar-refractivity contribution in [2.75, 3.05) is 27.4 Å². The molecule has 0 fully saturated rings. The monoisotopic (exact) mass is 691 g/mol. The molecule has 11 heteroatoms. The summed E-state index contributed by atoms with van der Waals surface area (Å²) in [4.78, 5) is 33.4. The lowest BCUT2D eigenvalue weighted by atomic mass is 9.90. The molecule has 0 bridgehead atoms. The number of thiazole rings is 1. The first-order chi connectivity index (χ1) is 24.3. The summed E-state index contributed by atoms with van der Waals surface area (Å²) >= 11 is 1.25. The number of allylic oxidation sites excluding steroid dienone is 1. The van der Waals surface area contributed by atoms with E-state index in [1.54, 1.807) is 50.8 Å². The Morgan fingerprint density at radius 1 is 0.980 bits per heavy atom. The Morgan fingerprint density at radius 2 is 1.76 bits per heavy atom. The van der Waals surface area contributed by atoms with Crippen LogP contribution in [0.1, 0.15) is 31.0 Å². The molecule has 1 unspecified atom stereocenters. The molecular weight excluding hydrogens is 658 g/mol. The lowest BCUT2D eigenvalue weighted by Gasteiger charge is -2.27. The van der Waals surface area contributed by atoms with Crippen LogP contribution >= 0.6 is 11.3 Å². The number of fused-ring (bicyclic) bond motifs is 3. The van der Waals surface area contributed by atoms with Crippen LogP contribution in [0.4, 0.5) is 4.39 Å². The number of halogens is 1. The summed E-state index contributed by atoms with van der Waals surface area (Å²) in [6.45, 7) is 4.35. The molecule has 254 valence electrons. The van der Waals surface area contributed by atoms with Gasteiger partial charge >= 0.3 is 5.97 Å². The Balaban J connectivity index is 1.38. The smallest absolute Gasteiger partial charge is 0.338 e. The second-order valence-electron chi connectivity index (χ2n) is 11.6. The average Bonchev–Trinajstić information content (AvgIpc) is 3.63. The van der Waals surface area contributed by atoms with E-state index >= 15 is 0 Å². The number of aromatic nitrogens is 2. The highest BCUT2D eigenvalue weighted by molar-refractivity contribution is 7.07. The minimum absolute atomic E-state index is 0.155. The van der Waals surface area contributed by atoms with Gasteiger partial charge in [-0.2, -0.15) is 0 Å². The van der Waals surface area contributed by atoms with E-state index in [2.05, 4.69) is 0 Å². The molecule has 1 aliphatic heterocycles. The van der Waals surface area contributed by atoms with E-state index in [9.17, 15) is 14.0 Å². The summed E-state index contributed by atoms with van der Waals surface area (Å²) in [5, 5.41) is 2.58. The Hall–Kier alpha value is -5.68. The molecule has 0 amide bonds. The SMILES string of the molecule is CCOC(=O)C1=C(C)N=c2sc(=Cc3cn(CCOc4ccccc4F)c4ccccc34)c(=O)n2C1c1c(OC)ccc2ccc(OC)cc12. The fourth-order valence-electron chi connectivity index (χ4n) is 6.49. The van der Waals surface area contributed by atoms with Gasteiger partial charge in [0, 0.05) is 28.2 Å². The van der Waals surface area contributed by atoms with Crippen LogP contribution in [0, 0.1) is 5.82 Å². The zero-order valence-electron chi connectivity index (χ0n) is 27.9. The van der Waals surface area contributed by atoms with Gasteiger partial charge in [0.15, 0.2) is 16.4 Å². The van der Waals surface area contributed by atoms with Crippen LogP contribution in [0.2, 0.25) is 0 Å². The average molecular weight is 692 g/mol. The van der Waals surface area contributed by atoms with E-state index < -0.39 is 17.8 Å². The maximum absolute atomic E-state index is 14.6. The van der Waals surface area contributed by atoms with Crippen molar-refractivity contribution in [2.24, 2.45) is 4.99 Å². The standard InChI is InChI=1S/C39H34FN3O6S/c1-5-48-38(45)34-23(2)41-39-43(36(34)35-28-21-26(46-3)16-14-24(28)15-17-32(35)47-4)37(44)33(50-39)20-25-22-42(30-12-8-6-10-27(25)30)18-19-49-31-13-9-7-11-29(31)40/h6-17,20-22,36H,5,18-19H2,1-4H3. The number of hydrogen-bond acceptors (Lipinski definition) is 8. The highest BCUT2D eigenvalue weighted by atomic mass is 32.1. The topological polar surface area (TPSA) is 93.3 Å². The number of nitrogens with zero attached hydrogens (tertiary/aromatic N) is 3. The zero-order chi connectivity index (χ0) is 34.9. The van der Waals surface area contributed by atoms with Crippen molar-refractivity contribution in [1.82, 2.24) is 9.13 Å². The quantitative estimate of drug-likeness (QED) is 0.160. The van der Waals surface area contributed by atoms with Gasteiger partial charge in [-0.1, -0.05) is 53.8 Å². The van der Waals surface area contributed by atoms with Crippen molar-refractivity contribution in [2.45, 2.75) is 26.4 Å². The molecule has 50 heavy (non-hydrogen) atoms. The number of carbonyl (C=O) groups excluding carboxylic acids is 1. The van der Waals surface area contributed by atoms with Crippen LogP contribution in [0.3, 0.4) is 0 Å². The molecule has 0 N–H and O–H groups in total. The van der Waals surface area contributed by atoms with Crippen LogP contribution in [-0.2, 0) is 16.1 Å². The number of benzene rings is 4.